The van der Waals surface area contributed by atoms with Crippen LogP contribution in [-0.2, 0) is 10.4 Å². The van der Waals surface area contributed by atoms with E-state index >= 15 is 0 Å². The van der Waals surface area contributed by atoms with E-state index in [4.69, 9.17) is 22.6 Å². The molecular formula is C5H7NO5S. The van der Waals surface area contributed by atoms with Gasteiger partial charge in [0.25, 0.3) is 0 Å². The van der Waals surface area contributed by atoms with E-state index in [2.05, 4.69) is 4.98 Å². The van der Waals surface area contributed by atoms with E-state index in [0.29, 0.717) is 0 Å². The molecule has 68 valence electrons. The van der Waals surface area contributed by atoms with E-state index in [1.807, 2.05) is 0 Å². The molecular weight excluding hydrogens is 186 g/mol. The molecule has 1 rings (SSSR count). The van der Waals surface area contributed by atoms with E-state index in [1.54, 1.807) is 18.3 Å². The third kappa shape index (κ3) is 11.6. The number of pyridine rings is 1. The maximum Gasteiger partial charge on any atom is 0.394 e. The Labute approximate surface area is 69.1 Å². The van der Waals surface area contributed by atoms with Gasteiger partial charge < -0.3 is 5.11 Å². The third-order valence-corrected chi connectivity index (χ3v) is 0.646. The fraction of sp³-hybridized carbons (Fsp3) is 0. The summed E-state index contributed by atoms with van der Waals surface area (Å²) in [6.45, 7) is 0. The Morgan fingerprint density at radius 3 is 2.00 bits per heavy atom. The molecule has 0 spiro atoms. The Hall–Kier alpha value is -1.18. The molecule has 0 saturated heterocycles. The summed E-state index contributed by atoms with van der Waals surface area (Å²) in [5.41, 5.74) is 0. The van der Waals surface area contributed by atoms with Crippen molar-refractivity contribution in [3.05, 3.63) is 24.5 Å². The summed E-state index contributed by atoms with van der Waals surface area (Å²) in [5, 5.41) is 8.57. The highest BCUT2D eigenvalue weighted by Gasteiger charge is 1.84. The lowest BCUT2D eigenvalue weighted by atomic mass is 10.5. The van der Waals surface area contributed by atoms with E-state index in [1.165, 1.54) is 6.20 Å². The number of rotatable bonds is 0. The first kappa shape index (κ1) is 10.8. The topological polar surface area (TPSA) is 108 Å². The first-order chi connectivity index (χ1) is 5.39. The Kier molecular flexibility index (Phi) is 4.19. The zero-order valence-electron chi connectivity index (χ0n) is 5.82. The number of aromatic hydroxyl groups is 1. The maximum absolute atomic E-state index is 8.74. The van der Waals surface area contributed by atoms with Crippen molar-refractivity contribution in [3.63, 3.8) is 0 Å². The maximum atomic E-state index is 8.74. The van der Waals surface area contributed by atoms with Crippen molar-refractivity contribution in [2.75, 3.05) is 0 Å². The largest absolute Gasteiger partial charge is 0.506 e. The summed E-state index contributed by atoms with van der Waals surface area (Å²) >= 11 is 0. The monoisotopic (exact) mass is 193 g/mol. The van der Waals surface area contributed by atoms with Crippen LogP contribution in [0.15, 0.2) is 24.5 Å². The average molecular weight is 193 g/mol. The molecule has 0 unspecified atom stereocenters. The highest BCUT2D eigenvalue weighted by molar-refractivity contribution is 7.79. The lowest BCUT2D eigenvalue weighted by molar-refractivity contribution is 0.381. The number of aromatic nitrogens is 1. The molecule has 0 aliphatic rings. The summed E-state index contributed by atoms with van der Waals surface area (Å²) in [5.74, 6) is 0.211. The first-order valence-corrected chi connectivity index (χ1v) is 4.08. The second kappa shape index (κ2) is 4.65. The Morgan fingerprint density at radius 2 is 1.83 bits per heavy atom. The van der Waals surface area contributed by atoms with Gasteiger partial charge in [-0.05, 0) is 12.1 Å². The lowest BCUT2D eigenvalue weighted by Crippen LogP contribution is -1.89. The molecule has 0 aromatic carbocycles. The standard InChI is InChI=1S/C5H5NO.H2O4S/c7-5-2-1-3-6-4-5;1-5(2,3)4/h1-4,7H;(H2,1,2,3,4). The molecule has 0 aliphatic carbocycles. The van der Waals surface area contributed by atoms with Gasteiger partial charge in [-0.25, -0.2) is 0 Å². The van der Waals surface area contributed by atoms with Crippen LogP contribution in [0, 0.1) is 0 Å². The van der Waals surface area contributed by atoms with Crippen molar-refractivity contribution < 1.29 is 22.6 Å². The minimum atomic E-state index is -4.67. The number of nitrogens with zero attached hydrogens (tertiary/aromatic N) is 1. The van der Waals surface area contributed by atoms with Gasteiger partial charge in [0, 0.05) is 6.20 Å². The quantitative estimate of drug-likeness (QED) is 0.505. The van der Waals surface area contributed by atoms with Crippen LogP contribution in [0.4, 0.5) is 0 Å². The zero-order chi connectivity index (χ0) is 9.61. The molecule has 0 bridgehead atoms. The smallest absolute Gasteiger partial charge is 0.394 e. The molecule has 0 aliphatic heterocycles. The van der Waals surface area contributed by atoms with Gasteiger partial charge in [-0.2, -0.15) is 8.42 Å². The minimum Gasteiger partial charge on any atom is -0.506 e. The predicted octanol–water partition coefficient (Wildman–Crippen LogP) is 0.134. The van der Waals surface area contributed by atoms with E-state index in [-0.39, 0.29) is 5.75 Å². The first-order valence-electron chi connectivity index (χ1n) is 2.68. The Bertz CT molecular complexity index is 300. The summed E-state index contributed by atoms with van der Waals surface area (Å²) in [7, 11) is -4.67. The highest BCUT2D eigenvalue weighted by Crippen LogP contribution is 1.99. The average Bonchev–Trinajstić information content (AvgIpc) is 1.85. The molecule has 7 heteroatoms. The molecule has 12 heavy (non-hydrogen) atoms. The lowest BCUT2D eigenvalue weighted by Gasteiger charge is -1.81. The summed E-state index contributed by atoms with van der Waals surface area (Å²) in [6, 6.07) is 3.25. The zero-order valence-corrected chi connectivity index (χ0v) is 6.64. The molecule has 3 N–H and O–H groups in total. The van der Waals surface area contributed by atoms with Gasteiger partial charge in [0.15, 0.2) is 0 Å². The number of hydrogen-bond acceptors (Lipinski definition) is 4. The molecule has 0 saturated carbocycles. The Balaban J connectivity index is 0.000000217. The molecule has 0 fully saturated rings. The summed E-state index contributed by atoms with van der Waals surface area (Å²) in [6.07, 6.45) is 3.00. The molecule has 0 atom stereocenters. The van der Waals surface area contributed by atoms with E-state index in [9.17, 15) is 0 Å². The van der Waals surface area contributed by atoms with Crippen molar-refractivity contribution in [1.29, 1.82) is 0 Å². The molecule has 1 heterocycles. The molecule has 1 aromatic heterocycles. The van der Waals surface area contributed by atoms with Crippen molar-refractivity contribution in [1.82, 2.24) is 4.98 Å². The fourth-order valence-electron chi connectivity index (χ4n) is 0.354. The van der Waals surface area contributed by atoms with E-state index < -0.39 is 10.4 Å². The molecule has 0 amide bonds. The van der Waals surface area contributed by atoms with Crippen LogP contribution in [0.5, 0.6) is 5.75 Å². The van der Waals surface area contributed by atoms with Crippen LogP contribution < -0.4 is 0 Å². The normalized spacial score (nSPS) is 9.83. The second-order valence-corrected chi connectivity index (χ2v) is 2.55. The SMILES string of the molecule is O=S(=O)(O)O.Oc1cccnc1. The van der Waals surface area contributed by atoms with Crippen molar-refractivity contribution >= 4 is 10.4 Å². The van der Waals surface area contributed by atoms with Gasteiger partial charge in [0.1, 0.15) is 5.75 Å². The van der Waals surface area contributed by atoms with Crippen LogP contribution in [0.3, 0.4) is 0 Å². The van der Waals surface area contributed by atoms with Gasteiger partial charge in [-0.3, -0.25) is 14.1 Å². The Morgan fingerprint density at radius 1 is 1.33 bits per heavy atom. The van der Waals surface area contributed by atoms with Crippen molar-refractivity contribution in [2.45, 2.75) is 0 Å². The molecule has 0 radical (unpaired) electrons. The predicted molar refractivity (Wildman–Crippen MR) is 40.1 cm³/mol. The fourth-order valence-corrected chi connectivity index (χ4v) is 0.354. The van der Waals surface area contributed by atoms with Crippen LogP contribution in [0.2, 0.25) is 0 Å². The van der Waals surface area contributed by atoms with Crippen LogP contribution in [0.1, 0.15) is 0 Å². The van der Waals surface area contributed by atoms with Gasteiger partial charge in [0.2, 0.25) is 0 Å². The molecule has 1 aromatic rings. The number of hydrogen-bond donors (Lipinski definition) is 3. The highest BCUT2D eigenvalue weighted by atomic mass is 32.3. The van der Waals surface area contributed by atoms with Crippen LogP contribution in [-0.4, -0.2) is 27.6 Å². The van der Waals surface area contributed by atoms with Crippen LogP contribution in [0.25, 0.3) is 0 Å². The van der Waals surface area contributed by atoms with Gasteiger partial charge in [-0.1, -0.05) is 0 Å². The van der Waals surface area contributed by atoms with Gasteiger partial charge >= 0.3 is 10.4 Å². The third-order valence-electron chi connectivity index (χ3n) is 0.646. The van der Waals surface area contributed by atoms with Crippen molar-refractivity contribution in [2.24, 2.45) is 0 Å². The van der Waals surface area contributed by atoms with Gasteiger partial charge in [0.05, 0.1) is 6.20 Å². The molecule has 6 nitrogen and oxygen atoms in total. The summed E-state index contributed by atoms with van der Waals surface area (Å²) < 4.78 is 31.6. The summed E-state index contributed by atoms with van der Waals surface area (Å²) in [4.78, 5) is 3.63. The van der Waals surface area contributed by atoms with Crippen LogP contribution >= 0.6 is 0 Å². The second-order valence-electron chi connectivity index (χ2n) is 1.66. The minimum absolute atomic E-state index is 0.211. The van der Waals surface area contributed by atoms with E-state index in [0.717, 1.165) is 0 Å². The van der Waals surface area contributed by atoms with Crippen molar-refractivity contribution in [3.8, 4) is 5.75 Å². The van der Waals surface area contributed by atoms with Gasteiger partial charge in [-0.15, -0.1) is 0 Å².